The van der Waals surface area contributed by atoms with Gasteiger partial charge in [0.2, 0.25) is 0 Å². The van der Waals surface area contributed by atoms with Gasteiger partial charge in [-0.15, -0.1) is 0 Å². The van der Waals surface area contributed by atoms with Gasteiger partial charge in [-0.05, 0) is 147 Å². The van der Waals surface area contributed by atoms with Gasteiger partial charge in [-0.25, -0.2) is 4.79 Å². The van der Waals surface area contributed by atoms with E-state index in [0.29, 0.717) is 74.6 Å². The van der Waals surface area contributed by atoms with E-state index in [1.54, 1.807) is 24.3 Å². The molecule has 16 nitrogen and oxygen atoms in total. The van der Waals surface area contributed by atoms with Crippen LogP contribution in [0.4, 0.5) is 27.5 Å². The van der Waals surface area contributed by atoms with E-state index >= 15 is 0 Å². The molecule has 11 rings (SSSR count). The van der Waals surface area contributed by atoms with Crippen molar-refractivity contribution in [1.29, 1.82) is 0 Å². The second-order valence-corrected chi connectivity index (χ2v) is 22.9. The van der Waals surface area contributed by atoms with Crippen molar-refractivity contribution in [3.63, 3.8) is 0 Å². The molecule has 0 saturated carbocycles. The number of amides is 1. The minimum Gasteiger partial charge on any atom is -0.410 e. The average Bonchev–Trinajstić information content (AvgIpc) is 3.87. The van der Waals surface area contributed by atoms with Crippen LogP contribution in [0.15, 0.2) is 78.9 Å². The number of non-ortho nitro benzene ring substituents is 2. The number of hydrogen-bond donors (Lipinski definition) is 2. The lowest BCUT2D eigenvalue weighted by Gasteiger charge is -2.35. The van der Waals surface area contributed by atoms with Crippen molar-refractivity contribution < 1.29 is 33.6 Å². The Hall–Kier alpha value is -4.63. The van der Waals surface area contributed by atoms with Crippen LogP contribution in [0, 0.1) is 47.9 Å². The summed E-state index contributed by atoms with van der Waals surface area (Å²) >= 11 is 27.8. The summed E-state index contributed by atoms with van der Waals surface area (Å²) in [5.74, 6) is 0.498. The van der Waals surface area contributed by atoms with Gasteiger partial charge in [0.25, 0.3) is 11.4 Å². The SMILES string of the molecule is Cc1c(Cl)cc(N)cc1CN1C2CCC1COC2.Cc1c(Cl)cc(NC(=O)Oc2ccccc2)cc1CN1C2CCC1COC2.Cc1c(Cl)cc([N+](=O)[O-])cc1CBr.Cc1c(Cl)cc([N+](=O)[O-])cc1CN1C2CCC1COC2. The summed E-state index contributed by atoms with van der Waals surface area (Å²) in [7, 11) is 0. The maximum Gasteiger partial charge on any atom is 0.417 e. The number of hydrogen-bond acceptors (Lipinski definition) is 13. The number of anilines is 2. The molecule has 6 aliphatic heterocycles. The van der Waals surface area contributed by atoms with Crippen LogP contribution in [0.3, 0.4) is 0 Å². The summed E-state index contributed by atoms with van der Waals surface area (Å²) in [6, 6.07) is 25.5. The predicted molar refractivity (Wildman–Crippen MR) is 311 cm³/mol. The third-order valence-electron chi connectivity index (χ3n) is 15.8. The lowest BCUT2D eigenvalue weighted by atomic mass is 10.1. The van der Waals surface area contributed by atoms with Crippen LogP contribution < -0.4 is 15.8 Å². The molecule has 5 aromatic carbocycles. The summed E-state index contributed by atoms with van der Waals surface area (Å²) in [5, 5.41) is 27.1. The smallest absolute Gasteiger partial charge is 0.410 e. The van der Waals surface area contributed by atoms with E-state index < -0.39 is 11.0 Å². The number of morpholine rings is 3. The lowest BCUT2D eigenvalue weighted by Crippen LogP contribution is -2.45. The van der Waals surface area contributed by atoms with Crippen molar-refractivity contribution in [2.75, 3.05) is 50.7 Å². The van der Waals surface area contributed by atoms with Gasteiger partial charge in [-0.1, -0.05) is 80.5 Å². The van der Waals surface area contributed by atoms with Crippen LogP contribution in [0.1, 0.15) is 83.0 Å². The number of nitrogens with one attached hydrogen (secondary N) is 1. The molecule has 6 bridgehead atoms. The normalized spacial score (nSPS) is 22.3. The van der Waals surface area contributed by atoms with Gasteiger partial charge in [-0.3, -0.25) is 40.2 Å². The Labute approximate surface area is 484 Å². The van der Waals surface area contributed by atoms with Crippen LogP contribution in [0.25, 0.3) is 0 Å². The van der Waals surface area contributed by atoms with Gasteiger partial charge >= 0.3 is 6.09 Å². The lowest BCUT2D eigenvalue weighted by molar-refractivity contribution is -0.385. The highest BCUT2D eigenvalue weighted by molar-refractivity contribution is 9.08. The molecule has 6 fully saturated rings. The van der Waals surface area contributed by atoms with Gasteiger partial charge in [0.15, 0.2) is 0 Å². The largest absolute Gasteiger partial charge is 0.417 e. The van der Waals surface area contributed by atoms with Gasteiger partial charge in [0.1, 0.15) is 5.75 Å². The molecule has 1 amide bonds. The third-order valence-corrected chi connectivity index (χ3v) is 18.0. The van der Waals surface area contributed by atoms with Crippen molar-refractivity contribution in [2.45, 2.75) is 127 Å². The van der Waals surface area contributed by atoms with E-state index in [1.807, 2.05) is 51.1 Å². The molecule has 3 N–H and O–H groups in total. The molecule has 5 aromatic rings. The number of fused-ring (bicyclic) bond motifs is 6. The minimum atomic E-state index is -0.529. The average molecular weight is 1210 g/mol. The highest BCUT2D eigenvalue weighted by Crippen LogP contribution is 2.37. The van der Waals surface area contributed by atoms with Crippen molar-refractivity contribution in [1.82, 2.24) is 14.7 Å². The molecular formula is C57H66BrCl4N7O9. The number of alkyl halides is 1. The molecule has 0 spiro atoms. The monoisotopic (exact) mass is 1210 g/mol. The molecule has 6 unspecified atom stereocenters. The van der Waals surface area contributed by atoms with Crippen molar-refractivity contribution in [3.8, 4) is 5.75 Å². The number of para-hydroxylation sites is 1. The fourth-order valence-electron chi connectivity index (χ4n) is 11.1. The molecule has 0 aromatic heterocycles. The number of nitrogens with zero attached hydrogens (tertiary/aromatic N) is 5. The minimum absolute atomic E-state index is 0.0325. The Bertz CT molecular complexity index is 2910. The van der Waals surface area contributed by atoms with E-state index in [9.17, 15) is 25.0 Å². The highest BCUT2D eigenvalue weighted by Gasteiger charge is 2.40. The molecule has 6 saturated heterocycles. The number of benzene rings is 5. The van der Waals surface area contributed by atoms with E-state index in [0.717, 1.165) is 115 Å². The molecule has 6 atom stereocenters. The zero-order chi connectivity index (χ0) is 55.8. The molecule has 6 aliphatic rings. The second kappa shape index (κ2) is 27.2. The van der Waals surface area contributed by atoms with Gasteiger partial charge in [0, 0.05) is 107 Å². The third kappa shape index (κ3) is 14.8. The first-order valence-electron chi connectivity index (χ1n) is 26.2. The summed E-state index contributed by atoms with van der Waals surface area (Å²) in [4.78, 5) is 40.3. The quantitative estimate of drug-likeness (QED) is 0.0551. The van der Waals surface area contributed by atoms with Crippen molar-refractivity contribution in [3.05, 3.63) is 164 Å². The molecule has 418 valence electrons. The Kier molecular flexibility index (Phi) is 20.8. The van der Waals surface area contributed by atoms with Crippen LogP contribution >= 0.6 is 62.3 Å². The number of nitro groups is 2. The topological polar surface area (TPSA) is 188 Å². The zero-order valence-electron chi connectivity index (χ0n) is 44.2. The number of rotatable bonds is 11. The molecule has 6 heterocycles. The number of ether oxygens (including phenoxy) is 4. The fourth-order valence-corrected chi connectivity index (χ4v) is 12.6. The van der Waals surface area contributed by atoms with E-state index in [1.165, 1.54) is 49.4 Å². The number of nitro benzene ring substituents is 2. The van der Waals surface area contributed by atoms with E-state index in [-0.39, 0.29) is 16.3 Å². The second-order valence-electron chi connectivity index (χ2n) is 20.7. The van der Waals surface area contributed by atoms with Gasteiger partial charge in [-0.2, -0.15) is 0 Å². The summed E-state index contributed by atoms with van der Waals surface area (Å²) in [6.07, 6.45) is 6.62. The maximum absolute atomic E-state index is 12.2. The van der Waals surface area contributed by atoms with Crippen LogP contribution in [0.5, 0.6) is 5.75 Å². The molecule has 21 heteroatoms. The number of halogens is 5. The summed E-state index contributed by atoms with van der Waals surface area (Å²) in [5.41, 5.74) is 15.6. The van der Waals surface area contributed by atoms with Crippen LogP contribution in [0.2, 0.25) is 20.1 Å². The Morgan fingerprint density at radius 1 is 0.577 bits per heavy atom. The van der Waals surface area contributed by atoms with E-state index in [4.69, 9.17) is 71.1 Å². The Morgan fingerprint density at radius 3 is 1.35 bits per heavy atom. The number of nitrogens with two attached hydrogens (primary N) is 1. The number of nitrogen functional groups attached to an aromatic ring is 1. The molecule has 78 heavy (non-hydrogen) atoms. The van der Waals surface area contributed by atoms with Crippen LogP contribution in [-0.2, 0) is 39.2 Å². The number of carbonyl (C=O) groups excluding carboxylic acids is 1. The zero-order valence-corrected chi connectivity index (χ0v) is 48.8. The van der Waals surface area contributed by atoms with Gasteiger partial charge < -0.3 is 24.7 Å². The first-order valence-corrected chi connectivity index (χ1v) is 28.8. The van der Waals surface area contributed by atoms with Crippen LogP contribution in [-0.4, -0.2) is 107 Å². The molecule has 0 aliphatic carbocycles. The van der Waals surface area contributed by atoms with Crippen molar-refractivity contribution in [2.24, 2.45) is 0 Å². The fraction of sp³-hybridized carbons (Fsp3) is 0.456. The first kappa shape index (κ1) is 59.5. The summed E-state index contributed by atoms with van der Waals surface area (Å²) in [6.45, 7) is 15.2. The molecule has 0 radical (unpaired) electrons. The Balaban J connectivity index is 0.000000142. The molecular weight excluding hydrogens is 1150 g/mol. The highest BCUT2D eigenvalue weighted by atomic mass is 79.9. The standard InChI is InChI=1S/C21H23ClN2O3.C14H17ClN2O3.C14H19ClN2O.C8H7BrClNO2/c1-14-15(11-24-17-7-8-18(24)13-26-12-17)9-16(10-20(14)22)23-21(25)27-19-5-3-2-4-6-19;1-9-10(4-13(17(18)19)5-14(9)15)6-16-11-2-3-12(16)8-20-7-11;1-9-10(4-11(16)5-14(9)15)6-17-12-2-3-13(17)8-18-7-12;1-5-6(4-9)2-7(11(12)13)3-8(5)10/h2-6,9-10,17-18H,7-8,11-13H2,1H3,(H,23,25);4-5,11-12H,2-3,6-8H2,1H3;4-5,12-13H,2-3,6-8,16H2,1H3;2-3H,4H2,1H3. The predicted octanol–water partition coefficient (Wildman–Crippen LogP) is 13.6. The Morgan fingerprint density at radius 2 is 0.936 bits per heavy atom. The van der Waals surface area contributed by atoms with Gasteiger partial charge in [0.05, 0.1) is 59.5 Å². The van der Waals surface area contributed by atoms with Crippen molar-refractivity contribution >= 4 is 91.2 Å². The number of carbonyl (C=O) groups is 1. The van der Waals surface area contributed by atoms with E-state index in [2.05, 4.69) is 48.9 Å². The first-order chi connectivity index (χ1) is 37.4. The maximum atomic E-state index is 12.2. The summed E-state index contributed by atoms with van der Waals surface area (Å²) < 4.78 is 22.1.